The van der Waals surface area contributed by atoms with Crippen LogP contribution in [0.3, 0.4) is 0 Å². The van der Waals surface area contributed by atoms with E-state index in [1.807, 2.05) is 0 Å². The van der Waals surface area contributed by atoms with E-state index in [0.29, 0.717) is 5.56 Å². The second kappa shape index (κ2) is 4.08. The SMILES string of the molecule is Oc1ccc([C@@H](O)[C@H]2CCCN2)cc1O. The minimum atomic E-state index is -0.626. The van der Waals surface area contributed by atoms with Crippen molar-refractivity contribution in [2.45, 2.75) is 25.0 Å². The van der Waals surface area contributed by atoms with E-state index in [4.69, 9.17) is 5.11 Å². The minimum absolute atomic E-state index is 0.0499. The van der Waals surface area contributed by atoms with E-state index >= 15 is 0 Å². The first-order valence-corrected chi connectivity index (χ1v) is 5.12. The van der Waals surface area contributed by atoms with Crippen molar-refractivity contribution in [2.75, 3.05) is 6.54 Å². The molecular formula is C11H15NO3. The van der Waals surface area contributed by atoms with E-state index < -0.39 is 6.10 Å². The lowest BCUT2D eigenvalue weighted by molar-refractivity contribution is 0.137. The molecule has 1 heterocycles. The molecule has 2 rings (SSSR count). The van der Waals surface area contributed by atoms with Gasteiger partial charge in [-0.2, -0.15) is 0 Å². The minimum Gasteiger partial charge on any atom is -0.504 e. The molecule has 1 aromatic carbocycles. The van der Waals surface area contributed by atoms with Crippen LogP contribution >= 0.6 is 0 Å². The summed E-state index contributed by atoms with van der Waals surface area (Å²) < 4.78 is 0. The third kappa shape index (κ3) is 2.06. The summed E-state index contributed by atoms with van der Waals surface area (Å²) in [4.78, 5) is 0. The third-order valence-electron chi connectivity index (χ3n) is 2.82. The Kier molecular flexibility index (Phi) is 2.79. The molecule has 0 amide bonds. The first-order chi connectivity index (χ1) is 7.18. The number of aromatic hydroxyl groups is 2. The van der Waals surface area contributed by atoms with Crippen LogP contribution in [-0.2, 0) is 0 Å². The number of benzene rings is 1. The summed E-state index contributed by atoms with van der Waals surface area (Å²) in [6.07, 6.45) is 1.37. The quantitative estimate of drug-likeness (QED) is 0.546. The van der Waals surface area contributed by atoms with Gasteiger partial charge in [0.05, 0.1) is 6.10 Å². The Bertz CT molecular complexity index is 348. The van der Waals surface area contributed by atoms with Crippen molar-refractivity contribution in [1.29, 1.82) is 0 Å². The Balaban J connectivity index is 2.17. The van der Waals surface area contributed by atoms with Crippen molar-refractivity contribution >= 4 is 0 Å². The van der Waals surface area contributed by atoms with Crippen LogP contribution in [0.2, 0.25) is 0 Å². The zero-order valence-corrected chi connectivity index (χ0v) is 8.35. The van der Waals surface area contributed by atoms with E-state index in [9.17, 15) is 10.2 Å². The van der Waals surface area contributed by atoms with Gasteiger partial charge in [0.25, 0.3) is 0 Å². The molecule has 0 unspecified atom stereocenters. The Morgan fingerprint density at radius 2 is 2.07 bits per heavy atom. The van der Waals surface area contributed by atoms with Crippen molar-refractivity contribution in [1.82, 2.24) is 5.32 Å². The van der Waals surface area contributed by atoms with E-state index in [2.05, 4.69) is 5.32 Å². The molecule has 2 atom stereocenters. The van der Waals surface area contributed by atoms with Crippen molar-refractivity contribution in [3.63, 3.8) is 0 Å². The molecule has 1 aromatic rings. The lowest BCUT2D eigenvalue weighted by atomic mass is 10.0. The Hall–Kier alpha value is -1.26. The Morgan fingerprint density at radius 3 is 2.67 bits per heavy atom. The smallest absolute Gasteiger partial charge is 0.157 e. The number of phenolic OH excluding ortho intramolecular Hbond substituents is 2. The fourth-order valence-corrected chi connectivity index (χ4v) is 1.94. The standard InChI is InChI=1S/C11H15NO3/c13-9-4-3-7(6-10(9)14)11(15)8-2-1-5-12-8/h3-4,6,8,11-15H,1-2,5H2/t8-,11-/m1/s1. The highest BCUT2D eigenvalue weighted by atomic mass is 16.3. The molecule has 1 aliphatic heterocycles. The first kappa shape index (κ1) is 10.3. The van der Waals surface area contributed by atoms with Gasteiger partial charge in [-0.25, -0.2) is 0 Å². The lowest BCUT2D eigenvalue weighted by Crippen LogP contribution is -2.28. The van der Waals surface area contributed by atoms with Gasteiger partial charge in [0.1, 0.15) is 0 Å². The van der Waals surface area contributed by atoms with Crippen molar-refractivity contribution in [2.24, 2.45) is 0 Å². The fraction of sp³-hybridized carbons (Fsp3) is 0.455. The van der Waals surface area contributed by atoms with E-state index in [-0.39, 0.29) is 17.5 Å². The maximum absolute atomic E-state index is 9.98. The number of hydrogen-bond acceptors (Lipinski definition) is 4. The van der Waals surface area contributed by atoms with Gasteiger partial charge in [0, 0.05) is 6.04 Å². The van der Waals surface area contributed by atoms with Gasteiger partial charge in [0.2, 0.25) is 0 Å². The monoisotopic (exact) mass is 209 g/mol. The normalized spacial score (nSPS) is 22.9. The van der Waals surface area contributed by atoms with Gasteiger partial charge in [-0.1, -0.05) is 6.07 Å². The third-order valence-corrected chi connectivity index (χ3v) is 2.82. The van der Waals surface area contributed by atoms with Gasteiger partial charge in [-0.3, -0.25) is 0 Å². The Morgan fingerprint density at radius 1 is 1.27 bits per heavy atom. The molecule has 0 radical (unpaired) electrons. The van der Waals surface area contributed by atoms with Gasteiger partial charge in [0.15, 0.2) is 11.5 Å². The fourth-order valence-electron chi connectivity index (χ4n) is 1.94. The van der Waals surface area contributed by atoms with Crippen LogP contribution in [0.15, 0.2) is 18.2 Å². The van der Waals surface area contributed by atoms with Crippen LogP contribution in [0.1, 0.15) is 24.5 Å². The average Bonchev–Trinajstić information content (AvgIpc) is 2.74. The molecule has 0 aliphatic carbocycles. The van der Waals surface area contributed by atoms with Gasteiger partial charge >= 0.3 is 0 Å². The molecule has 0 saturated carbocycles. The summed E-state index contributed by atoms with van der Waals surface area (Å²) in [6, 6.07) is 4.47. The van der Waals surface area contributed by atoms with Crippen LogP contribution < -0.4 is 5.32 Å². The molecule has 1 fully saturated rings. The predicted molar refractivity (Wildman–Crippen MR) is 55.8 cm³/mol. The number of rotatable bonds is 2. The molecule has 82 valence electrons. The maximum Gasteiger partial charge on any atom is 0.157 e. The van der Waals surface area contributed by atoms with Crippen LogP contribution in [0.25, 0.3) is 0 Å². The molecule has 1 aliphatic rings. The van der Waals surface area contributed by atoms with Crippen molar-refractivity contribution < 1.29 is 15.3 Å². The van der Waals surface area contributed by atoms with Gasteiger partial charge in [-0.15, -0.1) is 0 Å². The highest BCUT2D eigenvalue weighted by Crippen LogP contribution is 2.30. The maximum atomic E-state index is 9.98. The number of hydrogen-bond donors (Lipinski definition) is 4. The van der Waals surface area contributed by atoms with Crippen LogP contribution in [0.4, 0.5) is 0 Å². The van der Waals surface area contributed by atoms with E-state index in [1.54, 1.807) is 6.07 Å². The summed E-state index contributed by atoms with van der Waals surface area (Å²) >= 11 is 0. The van der Waals surface area contributed by atoms with Crippen LogP contribution in [0.5, 0.6) is 11.5 Å². The second-order valence-corrected chi connectivity index (χ2v) is 3.90. The van der Waals surface area contributed by atoms with E-state index in [1.165, 1.54) is 12.1 Å². The largest absolute Gasteiger partial charge is 0.504 e. The number of aliphatic hydroxyl groups excluding tert-OH is 1. The van der Waals surface area contributed by atoms with Crippen LogP contribution in [-0.4, -0.2) is 27.9 Å². The second-order valence-electron chi connectivity index (χ2n) is 3.90. The first-order valence-electron chi connectivity index (χ1n) is 5.12. The molecular weight excluding hydrogens is 194 g/mol. The molecule has 0 spiro atoms. The summed E-state index contributed by atoms with van der Waals surface area (Å²) in [5, 5.41) is 31.6. The van der Waals surface area contributed by atoms with Gasteiger partial charge < -0.3 is 20.6 Å². The predicted octanol–water partition coefficient (Wildman–Crippen LogP) is 0.883. The summed E-state index contributed by atoms with van der Waals surface area (Å²) in [7, 11) is 0. The summed E-state index contributed by atoms with van der Waals surface area (Å²) in [6.45, 7) is 0.922. The molecule has 15 heavy (non-hydrogen) atoms. The number of phenols is 2. The molecule has 4 heteroatoms. The highest BCUT2D eigenvalue weighted by molar-refractivity contribution is 5.41. The highest BCUT2D eigenvalue weighted by Gasteiger charge is 2.24. The molecule has 1 saturated heterocycles. The number of nitrogens with one attached hydrogen (secondary N) is 1. The topological polar surface area (TPSA) is 72.7 Å². The Labute approximate surface area is 88.2 Å². The van der Waals surface area contributed by atoms with Gasteiger partial charge in [-0.05, 0) is 37.1 Å². The zero-order valence-electron chi connectivity index (χ0n) is 8.35. The van der Waals surface area contributed by atoms with E-state index in [0.717, 1.165) is 19.4 Å². The molecule has 0 bridgehead atoms. The molecule has 4 N–H and O–H groups in total. The van der Waals surface area contributed by atoms with Crippen molar-refractivity contribution in [3.05, 3.63) is 23.8 Å². The summed E-state index contributed by atoms with van der Waals surface area (Å²) in [5.41, 5.74) is 0.629. The molecule has 4 nitrogen and oxygen atoms in total. The average molecular weight is 209 g/mol. The lowest BCUT2D eigenvalue weighted by Gasteiger charge is -2.18. The van der Waals surface area contributed by atoms with Crippen molar-refractivity contribution in [3.8, 4) is 11.5 Å². The van der Waals surface area contributed by atoms with Crippen LogP contribution in [0, 0.1) is 0 Å². The molecule has 0 aromatic heterocycles. The zero-order chi connectivity index (χ0) is 10.8. The summed E-state index contributed by atoms with van der Waals surface area (Å²) in [5.74, 6) is -0.352. The number of aliphatic hydroxyl groups is 1.